The fraction of sp³-hybridized carbons (Fsp3) is 0.571. The van der Waals surface area contributed by atoms with E-state index in [2.05, 4.69) is 23.3 Å². The van der Waals surface area contributed by atoms with Crippen LogP contribution in [0.1, 0.15) is 12.8 Å². The van der Waals surface area contributed by atoms with E-state index in [1.165, 1.54) is 0 Å². The van der Waals surface area contributed by atoms with Gasteiger partial charge in [-0.1, -0.05) is 0 Å². The first-order valence-corrected chi connectivity index (χ1v) is 8.67. The molecular formula is C14H23N5O9S. The van der Waals surface area contributed by atoms with Crippen LogP contribution in [0.15, 0.2) is 0 Å². The van der Waals surface area contributed by atoms with Gasteiger partial charge in [0, 0.05) is 5.75 Å². The lowest BCUT2D eigenvalue weighted by Gasteiger charge is -2.23. The molecule has 164 valence electrons. The van der Waals surface area contributed by atoms with E-state index >= 15 is 0 Å². The maximum Gasteiger partial charge on any atom is 0.326 e. The number of carbonyl (C=O) groups excluding carboxylic acids is 4. The summed E-state index contributed by atoms with van der Waals surface area (Å²) in [5.41, 5.74) is 10.3. The number of aliphatic hydroxyl groups excluding tert-OH is 1. The average molecular weight is 437 g/mol. The Morgan fingerprint density at radius 3 is 1.72 bits per heavy atom. The third-order valence-electron chi connectivity index (χ3n) is 3.38. The van der Waals surface area contributed by atoms with Crippen LogP contribution in [0, 0.1) is 0 Å². The molecule has 0 fully saturated rings. The van der Waals surface area contributed by atoms with Gasteiger partial charge >= 0.3 is 11.9 Å². The number of hydrogen-bond donors (Lipinski definition) is 9. The van der Waals surface area contributed by atoms with E-state index in [1.807, 2.05) is 5.32 Å². The number of carbonyl (C=O) groups is 6. The number of amides is 4. The smallest absolute Gasteiger partial charge is 0.326 e. The topological polar surface area (TPSA) is 251 Å². The minimum absolute atomic E-state index is 0.267. The lowest BCUT2D eigenvalue weighted by molar-refractivity contribution is -0.144. The highest BCUT2D eigenvalue weighted by Crippen LogP contribution is 1.97. The van der Waals surface area contributed by atoms with E-state index in [0.717, 1.165) is 0 Å². The van der Waals surface area contributed by atoms with Crippen LogP contribution in [0.5, 0.6) is 0 Å². The third kappa shape index (κ3) is 9.72. The summed E-state index contributed by atoms with van der Waals surface area (Å²) in [5.74, 6) is -7.23. The van der Waals surface area contributed by atoms with Crippen molar-refractivity contribution in [3.05, 3.63) is 0 Å². The minimum atomic E-state index is -1.68. The molecular weight excluding hydrogens is 414 g/mol. The number of aliphatic carboxylic acids is 2. The minimum Gasteiger partial charge on any atom is -0.481 e. The van der Waals surface area contributed by atoms with Crippen LogP contribution in [0.4, 0.5) is 0 Å². The van der Waals surface area contributed by atoms with E-state index in [9.17, 15) is 33.9 Å². The second-order valence-electron chi connectivity index (χ2n) is 5.76. The van der Waals surface area contributed by atoms with Crippen LogP contribution in [-0.4, -0.2) is 87.4 Å². The predicted molar refractivity (Wildman–Crippen MR) is 98.4 cm³/mol. The number of primary amides is 1. The molecule has 0 aromatic carbocycles. The van der Waals surface area contributed by atoms with Crippen LogP contribution in [0.3, 0.4) is 0 Å². The zero-order valence-corrected chi connectivity index (χ0v) is 15.9. The van der Waals surface area contributed by atoms with Gasteiger partial charge in [-0.15, -0.1) is 0 Å². The highest BCUT2D eigenvalue weighted by Gasteiger charge is 2.30. The number of carboxylic acid groups (broad SMARTS) is 2. The number of rotatable bonds is 13. The second kappa shape index (κ2) is 12.5. The van der Waals surface area contributed by atoms with Crippen LogP contribution >= 0.6 is 12.6 Å². The Labute approximate surface area is 169 Å². The van der Waals surface area contributed by atoms with Crippen molar-refractivity contribution in [2.45, 2.75) is 37.0 Å². The molecule has 0 spiro atoms. The van der Waals surface area contributed by atoms with Crippen LogP contribution in [-0.2, 0) is 28.8 Å². The van der Waals surface area contributed by atoms with Gasteiger partial charge in [0.2, 0.25) is 23.6 Å². The summed E-state index contributed by atoms with van der Waals surface area (Å²) < 4.78 is 0. The normalized spacial score (nSPS) is 14.6. The lowest BCUT2D eigenvalue weighted by atomic mass is 10.1. The molecule has 0 rings (SSSR count). The summed E-state index contributed by atoms with van der Waals surface area (Å²) in [4.78, 5) is 68.6. The standard InChI is InChI=1S/C14H23N5O9S/c15-5(1-10(22)23)11(24)19-8(4-29)13(26)18-7(3-20)12(25)17-6(14(27)28)2-9(16)21/h5-8,20,29H,1-4,15H2,(H2,16,21)(H,17,25)(H,18,26)(H,19,24)(H,22,23)(H,27,28). The van der Waals surface area contributed by atoms with Crippen molar-refractivity contribution in [1.82, 2.24) is 16.0 Å². The molecule has 10 N–H and O–H groups in total. The first-order chi connectivity index (χ1) is 13.4. The molecule has 15 heteroatoms. The van der Waals surface area contributed by atoms with E-state index in [4.69, 9.17) is 21.7 Å². The van der Waals surface area contributed by atoms with Crippen LogP contribution < -0.4 is 27.4 Å². The number of hydrogen-bond acceptors (Lipinski definition) is 9. The van der Waals surface area contributed by atoms with Crippen molar-refractivity contribution < 1.29 is 44.1 Å². The van der Waals surface area contributed by atoms with Gasteiger partial charge in [-0.25, -0.2) is 4.79 Å². The Morgan fingerprint density at radius 1 is 0.828 bits per heavy atom. The summed E-state index contributed by atoms with van der Waals surface area (Å²) in [6.45, 7) is -0.938. The van der Waals surface area contributed by atoms with Gasteiger partial charge in [0.05, 0.1) is 25.5 Å². The molecule has 0 saturated heterocycles. The lowest BCUT2D eigenvalue weighted by Crippen LogP contribution is -2.58. The van der Waals surface area contributed by atoms with Crippen molar-refractivity contribution in [1.29, 1.82) is 0 Å². The molecule has 14 nitrogen and oxygen atoms in total. The molecule has 0 bridgehead atoms. The maximum atomic E-state index is 12.2. The summed E-state index contributed by atoms with van der Waals surface area (Å²) in [5, 5.41) is 33.0. The van der Waals surface area contributed by atoms with Crippen molar-refractivity contribution in [3.8, 4) is 0 Å². The molecule has 0 aliphatic carbocycles. The van der Waals surface area contributed by atoms with Crippen LogP contribution in [0.2, 0.25) is 0 Å². The zero-order valence-electron chi connectivity index (χ0n) is 15.0. The number of carboxylic acids is 2. The summed E-state index contributed by atoms with van der Waals surface area (Å²) in [7, 11) is 0. The van der Waals surface area contributed by atoms with Gasteiger partial charge in [0.15, 0.2) is 0 Å². The second-order valence-corrected chi connectivity index (χ2v) is 6.13. The van der Waals surface area contributed by atoms with Gasteiger partial charge < -0.3 is 42.7 Å². The Kier molecular flexibility index (Phi) is 11.3. The SMILES string of the molecule is NC(=O)CC(NC(=O)C(CO)NC(=O)C(CS)NC(=O)C(N)CC(=O)O)C(=O)O. The Hall–Kier alpha value is -2.91. The van der Waals surface area contributed by atoms with Crippen molar-refractivity contribution >= 4 is 48.2 Å². The monoisotopic (exact) mass is 437 g/mol. The van der Waals surface area contributed by atoms with E-state index in [-0.39, 0.29) is 5.75 Å². The fourth-order valence-electron chi connectivity index (χ4n) is 1.89. The third-order valence-corrected chi connectivity index (χ3v) is 3.75. The quantitative estimate of drug-likeness (QED) is 0.124. The summed E-state index contributed by atoms with van der Waals surface area (Å²) in [6, 6.07) is -6.08. The Balaban J connectivity index is 5.02. The molecule has 29 heavy (non-hydrogen) atoms. The molecule has 0 saturated carbocycles. The summed E-state index contributed by atoms with van der Waals surface area (Å²) in [6.07, 6.45) is -1.41. The highest BCUT2D eigenvalue weighted by molar-refractivity contribution is 7.80. The Morgan fingerprint density at radius 2 is 1.31 bits per heavy atom. The molecule has 0 aromatic rings. The van der Waals surface area contributed by atoms with Crippen molar-refractivity contribution in [3.63, 3.8) is 0 Å². The number of aliphatic hydroxyl groups is 1. The predicted octanol–water partition coefficient (Wildman–Crippen LogP) is -4.88. The van der Waals surface area contributed by atoms with E-state index in [0.29, 0.717) is 0 Å². The molecule has 0 radical (unpaired) electrons. The first kappa shape index (κ1) is 26.1. The van der Waals surface area contributed by atoms with Gasteiger partial charge in [-0.2, -0.15) is 12.6 Å². The molecule has 0 heterocycles. The van der Waals surface area contributed by atoms with Gasteiger partial charge in [-0.05, 0) is 0 Å². The maximum absolute atomic E-state index is 12.2. The average Bonchev–Trinajstić information content (AvgIpc) is 2.61. The van der Waals surface area contributed by atoms with Gasteiger partial charge in [0.25, 0.3) is 0 Å². The van der Waals surface area contributed by atoms with Gasteiger partial charge in [-0.3, -0.25) is 24.0 Å². The van der Waals surface area contributed by atoms with Crippen molar-refractivity contribution in [2.24, 2.45) is 11.5 Å². The fourth-order valence-corrected chi connectivity index (χ4v) is 2.15. The molecule has 4 amide bonds. The first-order valence-electron chi connectivity index (χ1n) is 8.04. The molecule has 4 atom stereocenters. The summed E-state index contributed by atoms with van der Waals surface area (Å²) >= 11 is 3.87. The Bertz CT molecular complexity index is 659. The zero-order chi connectivity index (χ0) is 22.7. The van der Waals surface area contributed by atoms with Gasteiger partial charge in [0.1, 0.15) is 18.1 Å². The molecule has 0 aliphatic rings. The molecule has 0 aliphatic heterocycles. The molecule has 4 unspecified atom stereocenters. The number of thiol groups is 1. The van der Waals surface area contributed by atoms with E-state index in [1.54, 1.807) is 0 Å². The van der Waals surface area contributed by atoms with Crippen LogP contribution in [0.25, 0.3) is 0 Å². The largest absolute Gasteiger partial charge is 0.481 e. The number of nitrogens with two attached hydrogens (primary N) is 2. The van der Waals surface area contributed by atoms with E-state index < -0.39 is 79.2 Å². The van der Waals surface area contributed by atoms with Crippen molar-refractivity contribution in [2.75, 3.05) is 12.4 Å². The highest BCUT2D eigenvalue weighted by atomic mass is 32.1. The molecule has 0 aromatic heterocycles. The number of nitrogens with one attached hydrogen (secondary N) is 3.